The fraction of sp³-hybridized carbons (Fsp3) is 0.111. The monoisotopic (exact) mass is 404 g/mol. The Kier molecular flexibility index (Phi) is 5.01. The molecule has 4 rings (SSSR count). The molecular weight excluding hydrogens is 392 g/mol. The Bertz CT molecular complexity index is 944. The number of nitrogens with zero attached hydrogens (tertiary/aromatic N) is 1. The van der Waals surface area contributed by atoms with Crippen LogP contribution in [0.3, 0.4) is 0 Å². The Morgan fingerprint density at radius 2 is 2.00 bits per heavy atom. The highest BCUT2D eigenvalue weighted by atomic mass is 35.5. The molecule has 0 unspecified atom stereocenters. The van der Waals surface area contributed by atoms with E-state index < -0.39 is 0 Å². The maximum absolute atomic E-state index is 12.1. The Morgan fingerprint density at radius 3 is 2.85 bits per heavy atom. The molecule has 2 aromatic carbocycles. The van der Waals surface area contributed by atoms with Gasteiger partial charge in [-0.3, -0.25) is 4.79 Å². The summed E-state index contributed by atoms with van der Waals surface area (Å²) in [5, 5.41) is 5.98. The molecule has 0 aliphatic carbocycles. The highest BCUT2D eigenvalue weighted by Gasteiger charge is 2.15. The number of carbonyl (C=O) groups is 1. The number of amides is 1. The molecule has 26 heavy (non-hydrogen) atoms. The van der Waals surface area contributed by atoms with Gasteiger partial charge in [0, 0.05) is 20.9 Å². The molecule has 3 aromatic rings. The van der Waals surface area contributed by atoms with Gasteiger partial charge in [-0.1, -0.05) is 11.6 Å². The molecule has 1 N–H and O–H groups in total. The number of thioether (sulfide) groups is 1. The van der Waals surface area contributed by atoms with Crippen LogP contribution >= 0.6 is 34.7 Å². The van der Waals surface area contributed by atoms with Crippen LogP contribution in [0.25, 0.3) is 11.3 Å². The summed E-state index contributed by atoms with van der Waals surface area (Å²) in [6.45, 7) is 0.239. The van der Waals surface area contributed by atoms with Gasteiger partial charge in [-0.25, -0.2) is 4.98 Å². The molecule has 0 fully saturated rings. The largest absolute Gasteiger partial charge is 0.454 e. The van der Waals surface area contributed by atoms with Crippen LogP contribution in [-0.2, 0) is 4.79 Å². The zero-order valence-corrected chi connectivity index (χ0v) is 15.8. The summed E-state index contributed by atoms with van der Waals surface area (Å²) in [6.07, 6.45) is 0. The average Bonchev–Trinajstić information content (AvgIpc) is 3.29. The zero-order chi connectivity index (χ0) is 17.9. The minimum absolute atomic E-state index is 0.100. The van der Waals surface area contributed by atoms with Crippen LogP contribution in [-0.4, -0.2) is 23.4 Å². The second-order valence-electron chi connectivity index (χ2n) is 5.40. The number of nitrogens with one attached hydrogen (secondary N) is 1. The predicted octanol–water partition coefficient (Wildman–Crippen LogP) is 4.92. The summed E-state index contributed by atoms with van der Waals surface area (Å²) in [7, 11) is 0. The third-order valence-corrected chi connectivity index (χ3v) is 5.62. The minimum atomic E-state index is -0.100. The van der Waals surface area contributed by atoms with Crippen LogP contribution in [0, 0.1) is 0 Å². The van der Waals surface area contributed by atoms with E-state index >= 15 is 0 Å². The molecule has 1 aromatic heterocycles. The number of thiazole rings is 1. The maximum Gasteiger partial charge on any atom is 0.236 e. The van der Waals surface area contributed by atoms with Gasteiger partial charge >= 0.3 is 0 Å². The smallest absolute Gasteiger partial charge is 0.236 e. The van der Waals surface area contributed by atoms with Crippen molar-refractivity contribution in [2.45, 2.75) is 4.90 Å². The van der Waals surface area contributed by atoms with Gasteiger partial charge in [0.2, 0.25) is 12.7 Å². The molecule has 5 nitrogen and oxygen atoms in total. The zero-order valence-electron chi connectivity index (χ0n) is 13.4. The van der Waals surface area contributed by atoms with Crippen molar-refractivity contribution in [1.82, 2.24) is 4.98 Å². The van der Waals surface area contributed by atoms with Crippen molar-refractivity contribution in [3.8, 4) is 22.8 Å². The highest BCUT2D eigenvalue weighted by molar-refractivity contribution is 8.00. The molecular formula is C18H13ClN2O3S2. The van der Waals surface area contributed by atoms with E-state index in [0.29, 0.717) is 21.7 Å². The summed E-state index contributed by atoms with van der Waals surface area (Å²) in [5.74, 6) is 1.65. The van der Waals surface area contributed by atoms with Crippen molar-refractivity contribution in [1.29, 1.82) is 0 Å². The van der Waals surface area contributed by atoms with E-state index in [1.165, 1.54) is 23.1 Å². The van der Waals surface area contributed by atoms with Gasteiger partial charge in [-0.2, -0.15) is 0 Å². The number of halogens is 1. The number of hydrogen-bond acceptors (Lipinski definition) is 6. The van der Waals surface area contributed by atoms with E-state index in [4.69, 9.17) is 21.1 Å². The molecule has 0 radical (unpaired) electrons. The molecule has 132 valence electrons. The van der Waals surface area contributed by atoms with E-state index in [1.54, 1.807) is 12.1 Å². The first-order valence-corrected chi connectivity index (χ1v) is 9.95. The molecule has 1 aliphatic heterocycles. The Labute approximate surface area is 163 Å². The topological polar surface area (TPSA) is 60.5 Å². The first-order valence-electron chi connectivity index (χ1n) is 7.71. The first kappa shape index (κ1) is 17.2. The summed E-state index contributed by atoms with van der Waals surface area (Å²) in [6, 6.07) is 13.1. The van der Waals surface area contributed by atoms with Crippen LogP contribution in [0.2, 0.25) is 5.02 Å². The van der Waals surface area contributed by atoms with E-state index in [1.807, 2.05) is 35.7 Å². The molecule has 1 amide bonds. The Hall–Kier alpha value is -2.22. The van der Waals surface area contributed by atoms with Crippen molar-refractivity contribution in [3.05, 3.63) is 52.9 Å². The number of benzene rings is 2. The average molecular weight is 405 g/mol. The maximum atomic E-state index is 12.1. The Morgan fingerprint density at radius 1 is 1.19 bits per heavy atom. The lowest BCUT2D eigenvalue weighted by Crippen LogP contribution is -2.13. The van der Waals surface area contributed by atoms with Crippen molar-refractivity contribution in [2.24, 2.45) is 0 Å². The van der Waals surface area contributed by atoms with Gasteiger partial charge in [0.15, 0.2) is 16.6 Å². The molecule has 0 spiro atoms. The van der Waals surface area contributed by atoms with Crippen LogP contribution in [0.1, 0.15) is 0 Å². The number of aromatic nitrogens is 1. The molecule has 2 heterocycles. The lowest BCUT2D eigenvalue weighted by molar-refractivity contribution is -0.113. The van der Waals surface area contributed by atoms with Gasteiger partial charge in [0.1, 0.15) is 0 Å². The van der Waals surface area contributed by atoms with Crippen molar-refractivity contribution in [2.75, 3.05) is 17.9 Å². The number of anilines is 1. The Balaban J connectivity index is 1.37. The van der Waals surface area contributed by atoms with Crippen LogP contribution in [0.15, 0.2) is 52.7 Å². The van der Waals surface area contributed by atoms with Gasteiger partial charge in [0.25, 0.3) is 0 Å². The summed E-state index contributed by atoms with van der Waals surface area (Å²) in [5.41, 5.74) is 1.70. The van der Waals surface area contributed by atoms with E-state index in [0.717, 1.165) is 21.9 Å². The lowest BCUT2D eigenvalue weighted by Gasteiger charge is -2.02. The SMILES string of the molecule is O=C(CSc1ccc(Cl)cc1)Nc1nc(-c2ccc3c(c2)OCO3)cs1. The van der Waals surface area contributed by atoms with Gasteiger partial charge in [0.05, 0.1) is 11.4 Å². The number of fused-ring (bicyclic) bond motifs is 1. The first-order chi connectivity index (χ1) is 12.7. The molecule has 0 atom stereocenters. The highest BCUT2D eigenvalue weighted by Crippen LogP contribution is 2.36. The molecule has 1 aliphatic rings. The number of rotatable bonds is 5. The molecule has 0 saturated carbocycles. The van der Waals surface area contributed by atoms with Gasteiger partial charge < -0.3 is 14.8 Å². The third kappa shape index (κ3) is 3.95. The lowest BCUT2D eigenvalue weighted by atomic mass is 10.1. The summed E-state index contributed by atoms with van der Waals surface area (Å²) < 4.78 is 10.7. The summed E-state index contributed by atoms with van der Waals surface area (Å²) >= 11 is 8.69. The normalized spacial score (nSPS) is 12.2. The van der Waals surface area contributed by atoms with Crippen molar-refractivity contribution >= 4 is 45.7 Å². The van der Waals surface area contributed by atoms with Crippen LogP contribution in [0.4, 0.5) is 5.13 Å². The molecule has 8 heteroatoms. The van der Waals surface area contributed by atoms with Crippen molar-refractivity contribution in [3.63, 3.8) is 0 Å². The third-order valence-electron chi connectivity index (χ3n) is 3.60. The van der Waals surface area contributed by atoms with Gasteiger partial charge in [-0.05, 0) is 42.5 Å². The van der Waals surface area contributed by atoms with Crippen molar-refractivity contribution < 1.29 is 14.3 Å². The molecule has 0 bridgehead atoms. The number of hydrogen-bond donors (Lipinski definition) is 1. The minimum Gasteiger partial charge on any atom is -0.454 e. The quantitative estimate of drug-likeness (QED) is 0.611. The number of carbonyl (C=O) groups excluding carboxylic acids is 1. The van der Waals surface area contributed by atoms with Crippen LogP contribution < -0.4 is 14.8 Å². The second kappa shape index (κ2) is 7.57. The van der Waals surface area contributed by atoms with Crippen LogP contribution in [0.5, 0.6) is 11.5 Å². The van der Waals surface area contributed by atoms with E-state index in [9.17, 15) is 4.79 Å². The fourth-order valence-corrected chi connectivity index (χ4v) is 3.91. The van der Waals surface area contributed by atoms with E-state index in [2.05, 4.69) is 10.3 Å². The number of ether oxygens (including phenoxy) is 2. The predicted molar refractivity (Wildman–Crippen MR) is 104 cm³/mol. The summed E-state index contributed by atoms with van der Waals surface area (Å²) in [4.78, 5) is 17.6. The molecule has 0 saturated heterocycles. The van der Waals surface area contributed by atoms with Gasteiger partial charge in [-0.15, -0.1) is 23.1 Å². The fourth-order valence-electron chi connectivity index (χ4n) is 2.35. The standard InChI is InChI=1S/C18H13ClN2O3S2/c19-12-2-4-13(5-3-12)25-9-17(22)21-18-20-14(8-26-18)11-1-6-15-16(7-11)24-10-23-15/h1-8H,9-10H2,(H,20,21,22). The second-order valence-corrected chi connectivity index (χ2v) is 7.74. The van der Waals surface area contributed by atoms with E-state index in [-0.39, 0.29) is 12.7 Å².